The van der Waals surface area contributed by atoms with Crippen molar-refractivity contribution in [2.75, 3.05) is 0 Å². The largest absolute Gasteiger partial charge is 0.502 e. The summed E-state index contributed by atoms with van der Waals surface area (Å²) in [7, 11) is 0. The Balaban J connectivity index is 1.90. The van der Waals surface area contributed by atoms with Gasteiger partial charge in [0.25, 0.3) is 5.91 Å². The fraction of sp³-hybridized carbons (Fsp3) is 0.208. The molecule has 11 nitrogen and oxygen atoms in total. The molecule has 11 heteroatoms. The number of nitrogens with one attached hydrogen (secondary N) is 1. The van der Waals surface area contributed by atoms with Gasteiger partial charge in [-0.15, -0.1) is 0 Å². The Labute approximate surface area is 199 Å². The maximum Gasteiger partial charge on any atom is 0.382 e. The number of phenols is 1. The van der Waals surface area contributed by atoms with Crippen molar-refractivity contribution in [1.82, 2.24) is 5.43 Å². The molecule has 0 atom stereocenters. The monoisotopic (exact) mass is 481 g/mol. The average Bonchev–Trinajstić information content (AvgIpc) is 3.33. The SMILES string of the molecule is CCCCCc1cccc(-c2ccoc2C(=O)OC(=O)c2ccc(O)c([N+](=O)[O-])c2C(=O)NN)c1. The number of nitrogen functional groups attached to an aromatic ring is 1. The third kappa shape index (κ3) is 5.53. The van der Waals surface area contributed by atoms with Gasteiger partial charge >= 0.3 is 17.6 Å². The molecule has 0 aliphatic carbocycles. The number of hydrazine groups is 1. The number of furan rings is 1. The lowest BCUT2D eigenvalue weighted by Crippen LogP contribution is -2.32. The number of nitrogens with zero attached hydrogens (tertiary/aromatic N) is 1. The first-order valence-corrected chi connectivity index (χ1v) is 10.7. The van der Waals surface area contributed by atoms with Gasteiger partial charge in [-0.3, -0.25) is 20.3 Å². The van der Waals surface area contributed by atoms with Crippen LogP contribution in [0.1, 0.15) is 63.0 Å². The van der Waals surface area contributed by atoms with Crippen molar-refractivity contribution in [2.45, 2.75) is 32.6 Å². The Bertz CT molecular complexity index is 1280. The lowest BCUT2D eigenvalue weighted by molar-refractivity contribution is -0.386. The van der Waals surface area contributed by atoms with E-state index in [2.05, 4.69) is 6.92 Å². The highest BCUT2D eigenvalue weighted by atomic mass is 16.6. The van der Waals surface area contributed by atoms with Gasteiger partial charge in [-0.1, -0.05) is 44.0 Å². The first-order valence-electron chi connectivity index (χ1n) is 10.7. The summed E-state index contributed by atoms with van der Waals surface area (Å²) in [6, 6.07) is 10.8. The minimum absolute atomic E-state index is 0.262. The fourth-order valence-corrected chi connectivity index (χ4v) is 3.59. The molecule has 0 fully saturated rings. The van der Waals surface area contributed by atoms with E-state index in [0.717, 1.165) is 43.4 Å². The first kappa shape index (κ1) is 25.1. The van der Waals surface area contributed by atoms with Gasteiger partial charge in [0.1, 0.15) is 5.56 Å². The summed E-state index contributed by atoms with van der Waals surface area (Å²) in [4.78, 5) is 47.9. The van der Waals surface area contributed by atoms with Crippen molar-refractivity contribution >= 4 is 23.5 Å². The third-order valence-corrected chi connectivity index (χ3v) is 5.26. The van der Waals surface area contributed by atoms with Crippen molar-refractivity contribution in [3.63, 3.8) is 0 Å². The second-order valence-corrected chi connectivity index (χ2v) is 7.58. The molecule has 3 rings (SSSR count). The van der Waals surface area contributed by atoms with E-state index in [1.165, 1.54) is 6.26 Å². The molecule has 0 radical (unpaired) electrons. The number of rotatable bonds is 9. The van der Waals surface area contributed by atoms with E-state index >= 15 is 0 Å². The van der Waals surface area contributed by atoms with Crippen molar-refractivity contribution in [3.05, 3.63) is 81.3 Å². The van der Waals surface area contributed by atoms with Crippen LogP contribution < -0.4 is 11.3 Å². The Morgan fingerprint density at radius 1 is 1.14 bits per heavy atom. The number of hydrogen-bond acceptors (Lipinski definition) is 9. The summed E-state index contributed by atoms with van der Waals surface area (Å²) in [6.45, 7) is 2.11. The van der Waals surface area contributed by atoms with E-state index < -0.39 is 45.3 Å². The van der Waals surface area contributed by atoms with Gasteiger partial charge in [0.2, 0.25) is 5.76 Å². The van der Waals surface area contributed by atoms with Gasteiger partial charge in [0, 0.05) is 5.56 Å². The molecular formula is C24H23N3O8. The predicted octanol–water partition coefficient (Wildman–Crippen LogP) is 3.89. The quantitative estimate of drug-likeness (QED) is 0.0778. The maximum absolute atomic E-state index is 12.8. The van der Waals surface area contributed by atoms with Crippen LogP contribution in [0.25, 0.3) is 11.1 Å². The molecule has 2 aromatic carbocycles. The highest BCUT2D eigenvalue weighted by Crippen LogP contribution is 2.33. The average molecular weight is 481 g/mol. The first-order chi connectivity index (χ1) is 16.8. The molecule has 0 saturated carbocycles. The lowest BCUT2D eigenvalue weighted by atomic mass is 10.0. The van der Waals surface area contributed by atoms with Gasteiger partial charge in [-0.2, -0.15) is 0 Å². The number of carbonyl (C=O) groups excluding carboxylic acids is 3. The molecule has 1 heterocycles. The molecule has 0 saturated heterocycles. The maximum atomic E-state index is 12.8. The Hall–Kier alpha value is -4.51. The summed E-state index contributed by atoms with van der Waals surface area (Å²) in [5, 5.41) is 21.2. The Morgan fingerprint density at radius 2 is 1.91 bits per heavy atom. The summed E-state index contributed by atoms with van der Waals surface area (Å²) in [5.41, 5.74) is 1.25. The van der Waals surface area contributed by atoms with E-state index in [-0.39, 0.29) is 5.76 Å². The van der Waals surface area contributed by atoms with Crippen LogP contribution in [0.2, 0.25) is 0 Å². The number of aromatic hydroxyl groups is 1. The molecule has 1 aromatic heterocycles. The zero-order valence-corrected chi connectivity index (χ0v) is 18.8. The number of amides is 1. The number of nitro groups is 1. The van der Waals surface area contributed by atoms with Gasteiger partial charge in [0.05, 0.1) is 16.7 Å². The van der Waals surface area contributed by atoms with Gasteiger partial charge in [-0.25, -0.2) is 15.4 Å². The predicted molar refractivity (Wildman–Crippen MR) is 124 cm³/mol. The Kier molecular flexibility index (Phi) is 7.95. The van der Waals surface area contributed by atoms with Gasteiger partial charge in [0.15, 0.2) is 5.75 Å². The van der Waals surface area contributed by atoms with Crippen LogP contribution in [-0.2, 0) is 11.2 Å². The van der Waals surface area contributed by atoms with E-state index in [1.807, 2.05) is 18.2 Å². The summed E-state index contributed by atoms with van der Waals surface area (Å²) < 4.78 is 10.1. The zero-order valence-electron chi connectivity index (χ0n) is 18.8. The van der Waals surface area contributed by atoms with Crippen LogP contribution in [0.5, 0.6) is 5.75 Å². The fourth-order valence-electron chi connectivity index (χ4n) is 3.59. The molecule has 35 heavy (non-hydrogen) atoms. The van der Waals surface area contributed by atoms with Crippen molar-refractivity contribution < 1.29 is 33.6 Å². The zero-order chi connectivity index (χ0) is 25.5. The van der Waals surface area contributed by atoms with Crippen LogP contribution in [0.15, 0.2) is 53.1 Å². The van der Waals surface area contributed by atoms with E-state index in [4.69, 9.17) is 15.0 Å². The van der Waals surface area contributed by atoms with Crippen molar-refractivity contribution in [3.8, 4) is 16.9 Å². The number of unbranched alkanes of at least 4 members (excludes halogenated alkanes) is 2. The number of hydrogen-bond donors (Lipinski definition) is 3. The third-order valence-electron chi connectivity index (χ3n) is 5.26. The second-order valence-electron chi connectivity index (χ2n) is 7.58. The molecule has 0 unspecified atom stereocenters. The minimum atomic E-state index is -1.37. The number of nitrogens with two attached hydrogens (primary N) is 1. The molecule has 0 spiro atoms. The van der Waals surface area contributed by atoms with Crippen LogP contribution in [0.4, 0.5) is 5.69 Å². The highest BCUT2D eigenvalue weighted by Gasteiger charge is 2.33. The van der Waals surface area contributed by atoms with E-state index in [1.54, 1.807) is 17.6 Å². The smallest absolute Gasteiger partial charge is 0.382 e. The van der Waals surface area contributed by atoms with Gasteiger partial charge < -0.3 is 14.3 Å². The highest BCUT2D eigenvalue weighted by molar-refractivity contribution is 6.12. The molecule has 0 aliphatic heterocycles. The number of aryl methyl sites for hydroxylation is 1. The van der Waals surface area contributed by atoms with Crippen molar-refractivity contribution in [1.29, 1.82) is 0 Å². The Morgan fingerprint density at radius 3 is 2.60 bits per heavy atom. The summed E-state index contributed by atoms with van der Waals surface area (Å²) in [6.07, 6.45) is 5.33. The van der Waals surface area contributed by atoms with Crippen LogP contribution in [0, 0.1) is 10.1 Å². The van der Waals surface area contributed by atoms with E-state index in [9.17, 15) is 29.6 Å². The number of ether oxygens (including phenoxy) is 1. The molecule has 4 N–H and O–H groups in total. The molecular weight excluding hydrogens is 458 g/mol. The van der Waals surface area contributed by atoms with Gasteiger partial charge in [-0.05, 0) is 42.2 Å². The second kappa shape index (κ2) is 11.1. The van der Waals surface area contributed by atoms with E-state index in [0.29, 0.717) is 11.1 Å². The normalized spacial score (nSPS) is 10.6. The van der Waals surface area contributed by atoms with Crippen LogP contribution in [-0.4, -0.2) is 27.9 Å². The molecule has 0 bridgehead atoms. The number of carbonyl (C=O) groups is 3. The molecule has 3 aromatic rings. The standard InChI is InChI=1S/C24H23N3O8/c1-2-3-4-6-14-7-5-8-15(13-14)16-11-12-34-21(16)24(31)35-23(30)17-9-10-18(28)20(27(32)33)19(17)22(29)26-25/h5,7-13,28H,2-4,6,25H2,1H3,(H,26,29). The topological polar surface area (TPSA) is 175 Å². The number of benzene rings is 2. The lowest BCUT2D eigenvalue weighted by Gasteiger charge is -2.09. The van der Waals surface area contributed by atoms with Crippen LogP contribution in [0.3, 0.4) is 0 Å². The summed E-state index contributed by atoms with van der Waals surface area (Å²) >= 11 is 0. The van der Waals surface area contributed by atoms with Crippen molar-refractivity contribution in [2.24, 2.45) is 5.84 Å². The summed E-state index contributed by atoms with van der Waals surface area (Å²) in [5.74, 6) is 0.169. The molecule has 0 aliphatic rings. The number of phenolic OH excluding ortho intramolecular Hbond substituents is 1. The number of esters is 2. The minimum Gasteiger partial charge on any atom is -0.502 e. The molecule has 1 amide bonds. The molecule has 182 valence electrons. The van der Waals surface area contributed by atoms with Crippen LogP contribution >= 0.6 is 0 Å². The number of nitro benzene ring substituents is 1.